The Bertz CT molecular complexity index is 959. The van der Waals surface area contributed by atoms with E-state index in [9.17, 15) is 9.65 Å². The molecule has 0 saturated heterocycles. The Kier molecular flexibility index (Phi) is 5.77. The van der Waals surface area contributed by atoms with Gasteiger partial charge in [-0.25, -0.2) is 9.37 Å². The predicted octanol–water partition coefficient (Wildman–Crippen LogP) is 3.92. The fraction of sp³-hybridized carbons (Fsp3) is 0.300. The van der Waals surface area contributed by atoms with Crippen molar-refractivity contribution in [3.63, 3.8) is 0 Å². The Morgan fingerprint density at radius 3 is 2.59 bits per heavy atom. The van der Waals surface area contributed by atoms with Crippen LogP contribution in [0.25, 0.3) is 11.5 Å². The van der Waals surface area contributed by atoms with Crippen molar-refractivity contribution in [3.8, 4) is 17.5 Å². The van der Waals surface area contributed by atoms with E-state index >= 15 is 0 Å². The predicted molar refractivity (Wildman–Crippen MR) is 99.6 cm³/mol. The lowest BCUT2D eigenvalue weighted by Crippen LogP contribution is -2.12. The molecule has 0 aliphatic carbocycles. The molecule has 0 aliphatic rings. The highest BCUT2D eigenvalue weighted by Gasteiger charge is 2.14. The molecular formula is C20H20FN5O. The molecule has 138 valence electrons. The molecule has 0 aliphatic heterocycles. The van der Waals surface area contributed by atoms with Crippen LogP contribution in [0, 0.1) is 17.1 Å². The molecule has 0 unspecified atom stereocenters. The maximum atomic E-state index is 13.0. The summed E-state index contributed by atoms with van der Waals surface area (Å²) < 4.78 is 18.5. The van der Waals surface area contributed by atoms with Gasteiger partial charge in [-0.1, -0.05) is 13.8 Å². The van der Waals surface area contributed by atoms with Crippen molar-refractivity contribution >= 4 is 5.82 Å². The van der Waals surface area contributed by atoms with Crippen LogP contribution < -0.4 is 5.32 Å². The van der Waals surface area contributed by atoms with Crippen molar-refractivity contribution in [2.75, 3.05) is 11.9 Å². The van der Waals surface area contributed by atoms with Crippen molar-refractivity contribution in [2.45, 2.75) is 33.1 Å². The zero-order valence-electron chi connectivity index (χ0n) is 15.3. The number of nitriles is 1. The maximum absolute atomic E-state index is 13.0. The van der Waals surface area contributed by atoms with E-state index in [1.165, 1.54) is 12.1 Å². The van der Waals surface area contributed by atoms with Gasteiger partial charge in [-0.3, -0.25) is 0 Å². The van der Waals surface area contributed by atoms with Gasteiger partial charge in [0.25, 0.3) is 0 Å². The van der Waals surface area contributed by atoms with Crippen LogP contribution in [0.4, 0.5) is 10.2 Å². The summed E-state index contributed by atoms with van der Waals surface area (Å²) in [6.45, 7) is 4.54. The third-order valence-electron chi connectivity index (χ3n) is 4.27. The van der Waals surface area contributed by atoms with Crippen LogP contribution in [0.2, 0.25) is 0 Å². The smallest absolute Gasteiger partial charge is 0.226 e. The number of hydrogen-bond donors (Lipinski definition) is 1. The van der Waals surface area contributed by atoms with Crippen LogP contribution in [0.3, 0.4) is 0 Å². The minimum absolute atomic E-state index is 0.301. The molecule has 2 aromatic heterocycles. The summed E-state index contributed by atoms with van der Waals surface area (Å²) in [4.78, 5) is 4.41. The fourth-order valence-electron chi connectivity index (χ4n) is 2.87. The summed E-state index contributed by atoms with van der Waals surface area (Å²) in [6.07, 6.45) is 3.65. The van der Waals surface area contributed by atoms with E-state index in [0.717, 1.165) is 35.4 Å². The minimum atomic E-state index is -0.301. The van der Waals surface area contributed by atoms with Gasteiger partial charge in [0.1, 0.15) is 23.7 Å². The average Bonchev–Trinajstić information content (AvgIpc) is 3.16. The number of rotatable bonds is 7. The number of nitrogens with one attached hydrogen (secondary N) is 1. The summed E-state index contributed by atoms with van der Waals surface area (Å²) in [7, 11) is 0. The van der Waals surface area contributed by atoms with Gasteiger partial charge < -0.3 is 9.73 Å². The van der Waals surface area contributed by atoms with E-state index in [-0.39, 0.29) is 5.82 Å². The SMILES string of the molecule is CCc1nnc(NCCc2coc(-c3ccc(F)cc3)n2)c(C#N)c1CC. The third kappa shape index (κ3) is 4.11. The first-order chi connectivity index (χ1) is 13.2. The van der Waals surface area contributed by atoms with E-state index < -0.39 is 0 Å². The number of benzene rings is 1. The van der Waals surface area contributed by atoms with Crippen LogP contribution in [0.15, 0.2) is 34.9 Å². The van der Waals surface area contributed by atoms with Gasteiger partial charge in [-0.05, 0) is 42.7 Å². The summed E-state index contributed by atoms with van der Waals surface area (Å²) in [5.74, 6) is 0.640. The molecule has 27 heavy (non-hydrogen) atoms. The van der Waals surface area contributed by atoms with Crippen molar-refractivity contribution in [1.29, 1.82) is 5.26 Å². The number of nitrogens with zero attached hydrogens (tertiary/aromatic N) is 4. The van der Waals surface area contributed by atoms with E-state index in [4.69, 9.17) is 4.42 Å². The second kappa shape index (κ2) is 8.41. The van der Waals surface area contributed by atoms with Gasteiger partial charge in [-0.2, -0.15) is 10.4 Å². The van der Waals surface area contributed by atoms with Gasteiger partial charge in [0.2, 0.25) is 5.89 Å². The molecule has 0 bridgehead atoms. The molecule has 0 radical (unpaired) electrons. The number of oxazole rings is 1. The summed E-state index contributed by atoms with van der Waals surface area (Å²) >= 11 is 0. The van der Waals surface area contributed by atoms with Crippen molar-refractivity contribution in [3.05, 3.63) is 58.9 Å². The topological polar surface area (TPSA) is 87.6 Å². The van der Waals surface area contributed by atoms with E-state index in [1.807, 2.05) is 13.8 Å². The fourth-order valence-corrected chi connectivity index (χ4v) is 2.87. The Balaban J connectivity index is 1.67. The Morgan fingerprint density at radius 1 is 1.15 bits per heavy atom. The number of hydrogen-bond acceptors (Lipinski definition) is 6. The lowest BCUT2D eigenvalue weighted by atomic mass is 10.0. The minimum Gasteiger partial charge on any atom is -0.444 e. The zero-order chi connectivity index (χ0) is 19.2. The highest BCUT2D eigenvalue weighted by molar-refractivity contribution is 5.56. The molecule has 6 nitrogen and oxygen atoms in total. The van der Waals surface area contributed by atoms with E-state index in [2.05, 4.69) is 26.6 Å². The van der Waals surface area contributed by atoms with E-state index in [1.54, 1.807) is 18.4 Å². The first-order valence-electron chi connectivity index (χ1n) is 8.89. The first-order valence-corrected chi connectivity index (χ1v) is 8.89. The van der Waals surface area contributed by atoms with Crippen LogP contribution in [0.5, 0.6) is 0 Å². The number of anilines is 1. The Labute approximate surface area is 157 Å². The van der Waals surface area contributed by atoms with E-state index in [0.29, 0.717) is 30.2 Å². The van der Waals surface area contributed by atoms with Gasteiger partial charge in [0, 0.05) is 18.5 Å². The molecule has 0 saturated carbocycles. The van der Waals surface area contributed by atoms with Gasteiger partial charge in [0.05, 0.1) is 11.4 Å². The monoisotopic (exact) mass is 365 g/mol. The lowest BCUT2D eigenvalue weighted by molar-refractivity contribution is 0.572. The zero-order valence-corrected chi connectivity index (χ0v) is 15.3. The maximum Gasteiger partial charge on any atom is 0.226 e. The molecule has 3 aromatic rings. The summed E-state index contributed by atoms with van der Waals surface area (Å²) in [6, 6.07) is 8.23. The second-order valence-electron chi connectivity index (χ2n) is 6.00. The van der Waals surface area contributed by atoms with Crippen LogP contribution in [-0.4, -0.2) is 21.7 Å². The quantitative estimate of drug-likeness (QED) is 0.683. The lowest BCUT2D eigenvalue weighted by Gasteiger charge is -2.11. The molecule has 0 atom stereocenters. The average molecular weight is 365 g/mol. The molecule has 0 spiro atoms. The molecule has 7 heteroatoms. The normalized spacial score (nSPS) is 10.6. The number of aromatic nitrogens is 3. The molecule has 1 N–H and O–H groups in total. The third-order valence-corrected chi connectivity index (χ3v) is 4.27. The molecule has 0 amide bonds. The van der Waals surface area contributed by atoms with Crippen LogP contribution >= 0.6 is 0 Å². The summed E-state index contributed by atoms with van der Waals surface area (Å²) in [5, 5.41) is 21.1. The number of aryl methyl sites for hydroxylation is 1. The molecular weight excluding hydrogens is 345 g/mol. The highest BCUT2D eigenvalue weighted by atomic mass is 19.1. The molecule has 2 heterocycles. The Hall–Kier alpha value is -3.27. The summed E-state index contributed by atoms with van der Waals surface area (Å²) in [5.41, 5.74) is 3.83. The molecule has 3 rings (SSSR count). The van der Waals surface area contributed by atoms with Crippen molar-refractivity contribution < 1.29 is 8.81 Å². The van der Waals surface area contributed by atoms with Crippen LogP contribution in [-0.2, 0) is 19.3 Å². The van der Waals surface area contributed by atoms with Gasteiger partial charge >= 0.3 is 0 Å². The van der Waals surface area contributed by atoms with Crippen LogP contribution in [0.1, 0.15) is 36.4 Å². The van der Waals surface area contributed by atoms with Crippen molar-refractivity contribution in [1.82, 2.24) is 15.2 Å². The Morgan fingerprint density at radius 2 is 1.93 bits per heavy atom. The molecule has 1 aromatic carbocycles. The van der Waals surface area contributed by atoms with Crippen molar-refractivity contribution in [2.24, 2.45) is 0 Å². The first kappa shape index (κ1) is 18.5. The standard InChI is InChI=1S/C20H20FN5O/c1-3-16-17(11-22)19(26-25-18(16)4-2)23-10-9-15-12-27-20(24-15)13-5-7-14(21)8-6-13/h5-8,12H,3-4,9-10H2,1-2H3,(H,23,26). The van der Waals surface area contributed by atoms with Gasteiger partial charge in [0.15, 0.2) is 5.82 Å². The number of halogens is 1. The largest absolute Gasteiger partial charge is 0.444 e. The second-order valence-corrected chi connectivity index (χ2v) is 6.00. The highest BCUT2D eigenvalue weighted by Crippen LogP contribution is 2.21. The van der Waals surface area contributed by atoms with Gasteiger partial charge in [-0.15, -0.1) is 5.10 Å². The molecule has 0 fully saturated rings.